The molecule has 5 nitrogen and oxygen atoms in total. The Morgan fingerprint density at radius 1 is 1.14 bits per heavy atom. The van der Waals surface area contributed by atoms with Crippen molar-refractivity contribution < 1.29 is 9.47 Å². The van der Waals surface area contributed by atoms with E-state index in [1.807, 2.05) is 37.4 Å². The summed E-state index contributed by atoms with van der Waals surface area (Å²) in [5, 5.41) is 3.44. The second-order valence-electron chi connectivity index (χ2n) is 6.93. The van der Waals surface area contributed by atoms with Crippen molar-refractivity contribution in [2.24, 2.45) is 10.9 Å². The van der Waals surface area contributed by atoms with Crippen molar-refractivity contribution in [2.45, 2.75) is 19.6 Å². The van der Waals surface area contributed by atoms with Crippen LogP contribution in [0.25, 0.3) is 0 Å². The number of guanidine groups is 1. The number of para-hydroxylation sites is 1. The quantitative estimate of drug-likeness (QED) is 0.360. The van der Waals surface area contributed by atoms with Gasteiger partial charge in [-0.1, -0.05) is 42.5 Å². The fourth-order valence-corrected chi connectivity index (χ4v) is 3.20. The molecule has 1 saturated heterocycles. The van der Waals surface area contributed by atoms with Crippen molar-refractivity contribution in [2.75, 3.05) is 33.9 Å². The summed E-state index contributed by atoms with van der Waals surface area (Å²) in [5.74, 6) is 2.40. The summed E-state index contributed by atoms with van der Waals surface area (Å²) in [6.07, 6.45) is 1.13. The molecule has 0 saturated carbocycles. The first-order valence-corrected chi connectivity index (χ1v) is 9.50. The number of halogens is 1. The van der Waals surface area contributed by atoms with Crippen LogP contribution < -0.4 is 10.1 Å². The summed E-state index contributed by atoms with van der Waals surface area (Å²) in [4.78, 5) is 6.58. The van der Waals surface area contributed by atoms with Gasteiger partial charge in [-0.3, -0.25) is 4.99 Å². The number of rotatable bonds is 7. The van der Waals surface area contributed by atoms with Gasteiger partial charge in [-0.15, -0.1) is 24.0 Å². The molecule has 2 aromatic rings. The SMILES string of the molecule is CN=C(NCc1ccc(COc2ccccc2)cc1)N(C)CC1CCOC1.I. The van der Waals surface area contributed by atoms with Crippen LogP contribution in [0.1, 0.15) is 17.5 Å². The lowest BCUT2D eigenvalue weighted by Crippen LogP contribution is -2.41. The number of hydrogen-bond acceptors (Lipinski definition) is 3. The second kappa shape index (κ2) is 11.9. The molecule has 6 heteroatoms. The highest BCUT2D eigenvalue weighted by Crippen LogP contribution is 2.14. The van der Waals surface area contributed by atoms with Crippen molar-refractivity contribution in [1.29, 1.82) is 0 Å². The van der Waals surface area contributed by atoms with E-state index in [0.29, 0.717) is 12.5 Å². The topological polar surface area (TPSA) is 46.1 Å². The fourth-order valence-electron chi connectivity index (χ4n) is 3.20. The molecule has 0 radical (unpaired) electrons. The van der Waals surface area contributed by atoms with Crippen LogP contribution in [0.15, 0.2) is 59.6 Å². The first kappa shape index (κ1) is 22.5. The van der Waals surface area contributed by atoms with Crippen LogP contribution in [0.2, 0.25) is 0 Å². The van der Waals surface area contributed by atoms with Crippen LogP contribution in [-0.2, 0) is 17.9 Å². The van der Waals surface area contributed by atoms with E-state index in [-0.39, 0.29) is 24.0 Å². The molecule has 0 aromatic heterocycles. The van der Waals surface area contributed by atoms with Crippen LogP contribution in [-0.4, -0.2) is 44.7 Å². The molecule has 3 rings (SSSR count). The Morgan fingerprint density at radius 3 is 2.50 bits per heavy atom. The number of aliphatic imine (C=N–C) groups is 1. The van der Waals surface area contributed by atoms with Crippen LogP contribution in [0.4, 0.5) is 0 Å². The summed E-state index contributed by atoms with van der Waals surface area (Å²) < 4.78 is 11.3. The lowest BCUT2D eigenvalue weighted by atomic mass is 10.1. The third-order valence-corrected chi connectivity index (χ3v) is 4.75. The molecule has 0 amide bonds. The van der Waals surface area contributed by atoms with Gasteiger partial charge in [0, 0.05) is 39.7 Å². The highest BCUT2D eigenvalue weighted by atomic mass is 127. The Bertz CT molecular complexity index is 716. The summed E-state index contributed by atoms with van der Waals surface area (Å²) in [5.41, 5.74) is 2.38. The van der Waals surface area contributed by atoms with E-state index in [4.69, 9.17) is 9.47 Å². The van der Waals surface area contributed by atoms with E-state index >= 15 is 0 Å². The maximum atomic E-state index is 5.79. The molecule has 1 unspecified atom stereocenters. The zero-order valence-corrected chi connectivity index (χ0v) is 19.0. The van der Waals surface area contributed by atoms with Gasteiger partial charge in [-0.25, -0.2) is 0 Å². The highest BCUT2D eigenvalue weighted by Gasteiger charge is 2.18. The molecule has 1 atom stereocenters. The maximum Gasteiger partial charge on any atom is 0.193 e. The Balaban J connectivity index is 0.00000280. The molecule has 0 spiro atoms. The van der Waals surface area contributed by atoms with Gasteiger partial charge in [0.05, 0.1) is 6.61 Å². The van der Waals surface area contributed by atoms with Gasteiger partial charge in [0.1, 0.15) is 12.4 Å². The van der Waals surface area contributed by atoms with Gasteiger partial charge in [0.25, 0.3) is 0 Å². The molecular formula is C22H30IN3O2. The first-order chi connectivity index (χ1) is 13.2. The molecule has 152 valence electrons. The Hall–Kier alpha value is -1.80. The predicted molar refractivity (Wildman–Crippen MR) is 124 cm³/mol. The third-order valence-electron chi connectivity index (χ3n) is 4.75. The largest absolute Gasteiger partial charge is 0.489 e. The molecule has 2 aromatic carbocycles. The zero-order valence-electron chi connectivity index (χ0n) is 16.6. The van der Waals surface area contributed by atoms with E-state index < -0.39 is 0 Å². The van der Waals surface area contributed by atoms with E-state index in [0.717, 1.165) is 50.0 Å². The average molecular weight is 495 g/mol. The molecule has 0 aliphatic carbocycles. The number of nitrogens with zero attached hydrogens (tertiary/aromatic N) is 2. The summed E-state index contributed by atoms with van der Waals surface area (Å²) in [6, 6.07) is 18.4. The van der Waals surface area contributed by atoms with Gasteiger partial charge >= 0.3 is 0 Å². The van der Waals surface area contributed by atoms with Crippen molar-refractivity contribution in [3.63, 3.8) is 0 Å². The van der Waals surface area contributed by atoms with E-state index in [2.05, 4.69) is 46.5 Å². The van der Waals surface area contributed by atoms with E-state index in [1.165, 1.54) is 5.56 Å². The van der Waals surface area contributed by atoms with Gasteiger partial charge < -0.3 is 19.7 Å². The number of ether oxygens (including phenoxy) is 2. The van der Waals surface area contributed by atoms with Crippen LogP contribution in [0.3, 0.4) is 0 Å². The maximum absolute atomic E-state index is 5.79. The smallest absolute Gasteiger partial charge is 0.193 e. The van der Waals surface area contributed by atoms with Gasteiger partial charge in [0.2, 0.25) is 0 Å². The van der Waals surface area contributed by atoms with Crippen molar-refractivity contribution in [3.05, 3.63) is 65.7 Å². The average Bonchev–Trinajstić information content (AvgIpc) is 3.21. The Kier molecular flexibility index (Phi) is 9.57. The number of benzene rings is 2. The van der Waals surface area contributed by atoms with Crippen molar-refractivity contribution in [3.8, 4) is 5.75 Å². The molecule has 1 heterocycles. The normalized spacial score (nSPS) is 16.4. The molecule has 28 heavy (non-hydrogen) atoms. The summed E-state index contributed by atoms with van der Waals surface area (Å²) in [6.45, 7) is 4.03. The Morgan fingerprint density at radius 2 is 1.86 bits per heavy atom. The first-order valence-electron chi connectivity index (χ1n) is 9.50. The highest BCUT2D eigenvalue weighted by molar-refractivity contribution is 14.0. The number of nitrogens with one attached hydrogen (secondary N) is 1. The molecule has 1 aliphatic rings. The molecule has 1 fully saturated rings. The van der Waals surface area contributed by atoms with Gasteiger partial charge in [0.15, 0.2) is 5.96 Å². The lowest BCUT2D eigenvalue weighted by Gasteiger charge is -2.24. The number of hydrogen-bond donors (Lipinski definition) is 1. The fraction of sp³-hybridized carbons (Fsp3) is 0.409. The summed E-state index contributed by atoms with van der Waals surface area (Å²) >= 11 is 0. The van der Waals surface area contributed by atoms with Crippen molar-refractivity contribution in [1.82, 2.24) is 10.2 Å². The standard InChI is InChI=1S/C22H29N3O2.HI/c1-23-22(25(2)15-20-12-13-26-16-20)24-14-18-8-10-19(11-9-18)17-27-21-6-4-3-5-7-21;/h3-11,20H,12-17H2,1-2H3,(H,23,24);1H. The van der Waals surface area contributed by atoms with Crippen LogP contribution in [0.5, 0.6) is 5.75 Å². The molecule has 1 aliphatic heterocycles. The minimum atomic E-state index is 0. The molecule has 1 N–H and O–H groups in total. The minimum Gasteiger partial charge on any atom is -0.489 e. The Labute approximate surface area is 185 Å². The van der Waals surface area contributed by atoms with Gasteiger partial charge in [-0.05, 0) is 29.7 Å². The van der Waals surface area contributed by atoms with E-state index in [1.54, 1.807) is 0 Å². The molecule has 0 bridgehead atoms. The van der Waals surface area contributed by atoms with Crippen LogP contribution >= 0.6 is 24.0 Å². The van der Waals surface area contributed by atoms with Crippen molar-refractivity contribution >= 4 is 29.9 Å². The van der Waals surface area contributed by atoms with Gasteiger partial charge in [-0.2, -0.15) is 0 Å². The minimum absolute atomic E-state index is 0. The predicted octanol–water partition coefficient (Wildman–Crippen LogP) is 3.93. The third kappa shape index (κ3) is 6.98. The molecular weight excluding hydrogens is 465 g/mol. The monoisotopic (exact) mass is 495 g/mol. The summed E-state index contributed by atoms with van der Waals surface area (Å²) in [7, 11) is 3.91. The second-order valence-corrected chi connectivity index (χ2v) is 6.93. The lowest BCUT2D eigenvalue weighted by molar-refractivity contribution is 0.181. The zero-order chi connectivity index (χ0) is 18.9. The van der Waals surface area contributed by atoms with E-state index in [9.17, 15) is 0 Å². The van der Waals surface area contributed by atoms with Crippen LogP contribution in [0, 0.1) is 5.92 Å².